The highest BCUT2D eigenvalue weighted by molar-refractivity contribution is 5.88. The zero-order valence-electron chi connectivity index (χ0n) is 19.0. The van der Waals surface area contributed by atoms with Crippen LogP contribution in [0.25, 0.3) is 0 Å². The molecule has 0 aromatic heterocycles. The lowest BCUT2D eigenvalue weighted by Gasteiger charge is -2.40. The van der Waals surface area contributed by atoms with Gasteiger partial charge in [0, 0.05) is 19.5 Å². The summed E-state index contributed by atoms with van der Waals surface area (Å²) in [6, 6.07) is 19.0. The summed E-state index contributed by atoms with van der Waals surface area (Å²) in [5.74, 6) is -2.01. The molecule has 1 fully saturated rings. The predicted octanol–water partition coefficient (Wildman–Crippen LogP) is 3.00. The van der Waals surface area contributed by atoms with Crippen LogP contribution in [0.1, 0.15) is 42.7 Å². The highest BCUT2D eigenvalue weighted by Crippen LogP contribution is 2.26. The molecule has 0 bridgehead atoms. The number of ether oxygens (including phenoxy) is 1. The zero-order chi connectivity index (χ0) is 23.7. The van der Waals surface area contributed by atoms with Gasteiger partial charge in [-0.3, -0.25) is 9.59 Å². The van der Waals surface area contributed by atoms with Crippen molar-refractivity contribution in [2.75, 3.05) is 26.7 Å². The van der Waals surface area contributed by atoms with Gasteiger partial charge >= 0.3 is 11.9 Å². The standard InChI is InChI=1S/C26H32N2O5/c1-33-25(32)26(27-23(29)13-12-20-8-4-2-5-9-20)15-18-28(19-16-26)17-14-22(24(30)31)21-10-6-3-7-11-21/h2-11,22H,12-19H2,1H3,(H,27,29)(H,30,31). The van der Waals surface area contributed by atoms with E-state index in [-0.39, 0.29) is 5.91 Å². The summed E-state index contributed by atoms with van der Waals surface area (Å²) in [4.78, 5) is 39.2. The minimum atomic E-state index is -1.04. The molecule has 0 saturated carbocycles. The number of likely N-dealkylation sites (tertiary alicyclic amines) is 1. The molecule has 3 rings (SSSR count). The summed E-state index contributed by atoms with van der Waals surface area (Å²) in [6.45, 7) is 1.76. The average Bonchev–Trinajstić information content (AvgIpc) is 2.84. The maximum Gasteiger partial charge on any atom is 0.331 e. The van der Waals surface area contributed by atoms with Crippen molar-refractivity contribution in [3.63, 3.8) is 0 Å². The molecule has 0 radical (unpaired) electrons. The third kappa shape index (κ3) is 6.65. The Labute approximate surface area is 194 Å². The van der Waals surface area contributed by atoms with Crippen molar-refractivity contribution in [3.8, 4) is 0 Å². The second kappa shape index (κ2) is 11.6. The molecule has 1 atom stereocenters. The van der Waals surface area contributed by atoms with Gasteiger partial charge in [-0.05, 0) is 43.4 Å². The Morgan fingerprint density at radius 1 is 1.03 bits per heavy atom. The van der Waals surface area contributed by atoms with Gasteiger partial charge in [0.15, 0.2) is 0 Å². The lowest BCUT2D eigenvalue weighted by molar-refractivity contribution is -0.153. The maximum absolute atomic E-state index is 12.6. The van der Waals surface area contributed by atoms with E-state index in [2.05, 4.69) is 10.2 Å². The van der Waals surface area contributed by atoms with Gasteiger partial charge in [0.2, 0.25) is 5.91 Å². The number of piperidine rings is 1. The molecule has 2 aromatic carbocycles. The minimum absolute atomic E-state index is 0.173. The molecule has 2 N–H and O–H groups in total. The summed E-state index contributed by atoms with van der Waals surface area (Å²) < 4.78 is 5.03. The normalized spacial score (nSPS) is 16.5. The lowest BCUT2D eigenvalue weighted by atomic mass is 9.86. The fourth-order valence-electron chi connectivity index (χ4n) is 4.40. The van der Waals surface area contributed by atoms with Crippen LogP contribution in [0.2, 0.25) is 0 Å². The number of carboxylic acids is 1. The molecule has 0 spiro atoms. The summed E-state index contributed by atoms with van der Waals surface area (Å²) >= 11 is 0. The fraction of sp³-hybridized carbons (Fsp3) is 0.423. The number of methoxy groups -OCH3 is 1. The number of carbonyl (C=O) groups is 3. The van der Waals surface area contributed by atoms with Gasteiger partial charge in [-0.25, -0.2) is 4.79 Å². The molecular weight excluding hydrogens is 420 g/mol. The number of carboxylic acid groups (broad SMARTS) is 1. The Hall–Kier alpha value is -3.19. The zero-order valence-corrected chi connectivity index (χ0v) is 19.0. The van der Waals surface area contributed by atoms with Crippen molar-refractivity contribution in [1.82, 2.24) is 10.2 Å². The van der Waals surface area contributed by atoms with Gasteiger partial charge in [0.25, 0.3) is 0 Å². The van der Waals surface area contributed by atoms with Gasteiger partial charge in [-0.1, -0.05) is 60.7 Å². The maximum atomic E-state index is 12.6. The Bertz CT molecular complexity index is 924. The number of nitrogens with one attached hydrogen (secondary N) is 1. The minimum Gasteiger partial charge on any atom is -0.481 e. The number of aryl methyl sites for hydroxylation is 1. The molecule has 1 heterocycles. The van der Waals surface area contributed by atoms with Crippen LogP contribution >= 0.6 is 0 Å². The predicted molar refractivity (Wildman–Crippen MR) is 125 cm³/mol. The molecule has 1 amide bonds. The van der Waals surface area contributed by atoms with E-state index < -0.39 is 23.4 Å². The van der Waals surface area contributed by atoms with Crippen LogP contribution in [0.4, 0.5) is 0 Å². The van der Waals surface area contributed by atoms with Crippen LogP contribution < -0.4 is 5.32 Å². The quantitative estimate of drug-likeness (QED) is 0.538. The Morgan fingerprint density at radius 3 is 2.21 bits per heavy atom. The van der Waals surface area contributed by atoms with Crippen LogP contribution in [0.15, 0.2) is 60.7 Å². The number of esters is 1. The largest absolute Gasteiger partial charge is 0.481 e. The van der Waals surface area contributed by atoms with E-state index >= 15 is 0 Å². The van der Waals surface area contributed by atoms with E-state index in [1.807, 2.05) is 60.7 Å². The number of rotatable bonds is 10. The number of hydrogen-bond acceptors (Lipinski definition) is 5. The number of carbonyl (C=O) groups excluding carboxylic acids is 2. The molecule has 0 aliphatic carbocycles. The SMILES string of the molecule is COC(=O)C1(NC(=O)CCc2ccccc2)CCN(CCC(C(=O)O)c2ccccc2)CC1. The molecule has 2 aromatic rings. The van der Waals surface area contributed by atoms with E-state index in [4.69, 9.17) is 4.74 Å². The highest BCUT2D eigenvalue weighted by Gasteiger charge is 2.43. The first-order valence-electron chi connectivity index (χ1n) is 11.4. The van der Waals surface area contributed by atoms with Crippen LogP contribution in [-0.4, -0.2) is 60.1 Å². The van der Waals surface area contributed by atoms with Crippen LogP contribution in [0, 0.1) is 0 Å². The summed E-state index contributed by atoms with van der Waals surface area (Å²) in [7, 11) is 1.34. The van der Waals surface area contributed by atoms with E-state index in [0.29, 0.717) is 51.7 Å². The average molecular weight is 453 g/mol. The topological polar surface area (TPSA) is 95.9 Å². The van der Waals surface area contributed by atoms with Crippen molar-refractivity contribution < 1.29 is 24.2 Å². The third-order valence-corrected chi connectivity index (χ3v) is 6.38. The first kappa shape index (κ1) is 24.5. The van der Waals surface area contributed by atoms with Crippen molar-refractivity contribution in [2.45, 2.75) is 43.6 Å². The van der Waals surface area contributed by atoms with Crippen LogP contribution in [-0.2, 0) is 25.5 Å². The van der Waals surface area contributed by atoms with Crippen molar-refractivity contribution in [3.05, 3.63) is 71.8 Å². The Morgan fingerprint density at radius 2 is 1.64 bits per heavy atom. The van der Waals surface area contributed by atoms with E-state index in [0.717, 1.165) is 11.1 Å². The summed E-state index contributed by atoms with van der Waals surface area (Å²) in [5.41, 5.74) is 0.822. The number of nitrogens with zero attached hydrogens (tertiary/aromatic N) is 1. The molecule has 1 aliphatic rings. The van der Waals surface area contributed by atoms with Crippen molar-refractivity contribution in [1.29, 1.82) is 0 Å². The highest BCUT2D eigenvalue weighted by atomic mass is 16.5. The van der Waals surface area contributed by atoms with Gasteiger partial charge in [-0.2, -0.15) is 0 Å². The molecular formula is C26H32N2O5. The molecule has 33 heavy (non-hydrogen) atoms. The monoisotopic (exact) mass is 452 g/mol. The molecule has 176 valence electrons. The Kier molecular flexibility index (Phi) is 8.60. The number of benzene rings is 2. The molecule has 1 aliphatic heterocycles. The van der Waals surface area contributed by atoms with E-state index in [1.54, 1.807) is 0 Å². The second-order valence-electron chi connectivity index (χ2n) is 8.54. The summed E-state index contributed by atoms with van der Waals surface area (Å²) in [5, 5.41) is 12.6. The molecule has 7 heteroatoms. The third-order valence-electron chi connectivity index (χ3n) is 6.38. The van der Waals surface area contributed by atoms with Gasteiger partial charge < -0.3 is 20.1 Å². The van der Waals surface area contributed by atoms with Gasteiger partial charge in [0.1, 0.15) is 5.54 Å². The molecule has 1 saturated heterocycles. The number of aliphatic carboxylic acids is 1. The smallest absolute Gasteiger partial charge is 0.331 e. The lowest BCUT2D eigenvalue weighted by Crippen LogP contribution is -2.60. The van der Waals surface area contributed by atoms with E-state index in [9.17, 15) is 19.5 Å². The van der Waals surface area contributed by atoms with Gasteiger partial charge in [-0.15, -0.1) is 0 Å². The molecule has 7 nitrogen and oxygen atoms in total. The van der Waals surface area contributed by atoms with Crippen LogP contribution in [0.3, 0.4) is 0 Å². The van der Waals surface area contributed by atoms with Gasteiger partial charge in [0.05, 0.1) is 13.0 Å². The Balaban J connectivity index is 1.55. The van der Waals surface area contributed by atoms with Crippen LogP contribution in [0.5, 0.6) is 0 Å². The second-order valence-corrected chi connectivity index (χ2v) is 8.54. The number of amides is 1. The summed E-state index contributed by atoms with van der Waals surface area (Å²) in [6.07, 6.45) is 2.24. The van der Waals surface area contributed by atoms with Crippen molar-refractivity contribution >= 4 is 17.8 Å². The van der Waals surface area contributed by atoms with E-state index in [1.165, 1.54) is 7.11 Å². The first-order chi connectivity index (χ1) is 15.9. The molecule has 1 unspecified atom stereocenters. The fourth-order valence-corrected chi connectivity index (χ4v) is 4.40. The van der Waals surface area contributed by atoms with Crippen molar-refractivity contribution in [2.24, 2.45) is 0 Å². The number of hydrogen-bond donors (Lipinski definition) is 2. The first-order valence-corrected chi connectivity index (χ1v) is 11.4.